The number of aryl methyl sites for hydroxylation is 1. The standard InChI is InChI=1S/C33H32ClNO3/c1-21-19-25-8-7-23(13-16-33(6,37)26-14-17-35-18-15-26)20-28(25)30(24-9-11-27(34)12-10-24)29(21)31(22(2)36)38-32(3,4)5/h7-12,14-15,17-20,31,37H,1-6H3/t31-,33?/m1/s1. The molecule has 0 saturated heterocycles. The van der Waals surface area contributed by atoms with Gasteiger partial charge in [0.1, 0.15) is 11.7 Å². The summed E-state index contributed by atoms with van der Waals surface area (Å²) in [6, 6.07) is 19.2. The SMILES string of the molecule is CC(=O)[C@@H](OC(C)(C)C)c1c(C)cc2ccc(C#CC(C)(O)c3ccncc3)cc2c1-c1ccc(Cl)cc1. The van der Waals surface area contributed by atoms with Crippen LogP contribution in [-0.4, -0.2) is 21.5 Å². The summed E-state index contributed by atoms with van der Waals surface area (Å²) in [5, 5.41) is 13.6. The van der Waals surface area contributed by atoms with Crippen molar-refractivity contribution in [3.8, 4) is 23.0 Å². The number of halogens is 1. The Morgan fingerprint density at radius 3 is 2.26 bits per heavy atom. The lowest BCUT2D eigenvalue weighted by atomic mass is 9.85. The number of aromatic nitrogens is 1. The van der Waals surface area contributed by atoms with Crippen molar-refractivity contribution in [3.63, 3.8) is 0 Å². The predicted molar refractivity (Wildman–Crippen MR) is 154 cm³/mol. The fourth-order valence-electron chi connectivity index (χ4n) is 4.54. The van der Waals surface area contributed by atoms with Gasteiger partial charge < -0.3 is 9.84 Å². The maximum atomic E-state index is 13.0. The number of fused-ring (bicyclic) bond motifs is 1. The van der Waals surface area contributed by atoms with Crippen LogP contribution in [0.5, 0.6) is 0 Å². The molecular weight excluding hydrogens is 494 g/mol. The van der Waals surface area contributed by atoms with E-state index in [0.29, 0.717) is 10.6 Å². The van der Waals surface area contributed by atoms with E-state index in [9.17, 15) is 9.90 Å². The van der Waals surface area contributed by atoms with Gasteiger partial charge in [0, 0.05) is 23.0 Å². The second kappa shape index (κ2) is 10.7. The number of benzene rings is 3. The molecule has 0 amide bonds. The summed E-state index contributed by atoms with van der Waals surface area (Å²) in [6.07, 6.45) is 2.52. The van der Waals surface area contributed by atoms with Crippen LogP contribution in [0.15, 0.2) is 73.1 Å². The van der Waals surface area contributed by atoms with Gasteiger partial charge in [0.15, 0.2) is 5.78 Å². The Bertz CT molecular complexity index is 1540. The number of rotatable bonds is 5. The first-order valence-electron chi connectivity index (χ1n) is 12.5. The summed E-state index contributed by atoms with van der Waals surface area (Å²) in [5.74, 6) is 6.08. The van der Waals surface area contributed by atoms with Crippen molar-refractivity contribution >= 4 is 28.2 Å². The Labute approximate surface area is 229 Å². The molecule has 0 aliphatic carbocycles. The molecule has 4 rings (SSSR count). The van der Waals surface area contributed by atoms with E-state index < -0.39 is 17.3 Å². The van der Waals surface area contributed by atoms with Gasteiger partial charge >= 0.3 is 0 Å². The van der Waals surface area contributed by atoms with Gasteiger partial charge in [-0.1, -0.05) is 47.7 Å². The highest BCUT2D eigenvalue weighted by molar-refractivity contribution is 6.30. The fraction of sp³-hybridized carbons (Fsp3) is 0.273. The van der Waals surface area contributed by atoms with Crippen LogP contribution < -0.4 is 0 Å². The summed E-state index contributed by atoms with van der Waals surface area (Å²) in [6.45, 7) is 11.1. The fourth-order valence-corrected chi connectivity index (χ4v) is 4.66. The van der Waals surface area contributed by atoms with E-state index in [1.54, 1.807) is 38.4 Å². The first-order chi connectivity index (χ1) is 17.9. The molecule has 3 aromatic carbocycles. The van der Waals surface area contributed by atoms with Gasteiger partial charge in [-0.05, 0) is 117 Å². The molecule has 1 N–H and O–H groups in total. The van der Waals surface area contributed by atoms with E-state index in [4.69, 9.17) is 16.3 Å². The Hall–Kier alpha value is -3.49. The Balaban J connectivity index is 1.96. The molecule has 4 nitrogen and oxygen atoms in total. The number of pyridine rings is 1. The molecule has 1 heterocycles. The topological polar surface area (TPSA) is 59.4 Å². The number of hydrogen-bond acceptors (Lipinski definition) is 4. The molecule has 0 aliphatic heterocycles. The van der Waals surface area contributed by atoms with Crippen molar-refractivity contribution in [3.05, 3.63) is 100 Å². The van der Waals surface area contributed by atoms with Crippen molar-refractivity contribution in [2.24, 2.45) is 0 Å². The molecule has 194 valence electrons. The first-order valence-corrected chi connectivity index (χ1v) is 12.9. The Morgan fingerprint density at radius 2 is 1.66 bits per heavy atom. The smallest absolute Gasteiger partial charge is 0.163 e. The molecular formula is C33H32ClNO3. The molecule has 0 saturated carbocycles. The summed E-state index contributed by atoms with van der Waals surface area (Å²) in [5.41, 5.74) is 3.18. The highest BCUT2D eigenvalue weighted by Gasteiger charge is 2.29. The van der Waals surface area contributed by atoms with Gasteiger partial charge in [-0.15, -0.1) is 0 Å². The number of carbonyl (C=O) groups excluding carboxylic acids is 1. The minimum Gasteiger partial charge on any atom is -0.374 e. The van der Waals surface area contributed by atoms with Crippen LogP contribution in [-0.2, 0) is 15.1 Å². The number of Topliss-reactive ketones (excluding diaryl/α,β-unsaturated/α-hetero) is 1. The van der Waals surface area contributed by atoms with Gasteiger partial charge in [-0.3, -0.25) is 9.78 Å². The van der Waals surface area contributed by atoms with Crippen molar-refractivity contribution in [2.75, 3.05) is 0 Å². The van der Waals surface area contributed by atoms with Crippen LogP contribution in [0.3, 0.4) is 0 Å². The van der Waals surface area contributed by atoms with Crippen molar-refractivity contribution in [1.29, 1.82) is 0 Å². The van der Waals surface area contributed by atoms with E-state index in [2.05, 4.69) is 22.9 Å². The second-order valence-electron chi connectivity index (χ2n) is 10.7. The second-order valence-corrected chi connectivity index (χ2v) is 11.1. The third-order valence-corrected chi connectivity index (χ3v) is 6.57. The number of ketones is 1. The van der Waals surface area contributed by atoms with E-state index in [0.717, 1.165) is 38.6 Å². The zero-order valence-electron chi connectivity index (χ0n) is 22.6. The quantitative estimate of drug-likeness (QED) is 0.273. The summed E-state index contributed by atoms with van der Waals surface area (Å²) >= 11 is 6.22. The lowest BCUT2D eigenvalue weighted by molar-refractivity contribution is -0.138. The number of carbonyl (C=O) groups is 1. The largest absolute Gasteiger partial charge is 0.374 e. The number of hydrogen-bond donors (Lipinski definition) is 1. The molecule has 2 atom stereocenters. The molecule has 1 unspecified atom stereocenters. The number of ether oxygens (including phenoxy) is 1. The van der Waals surface area contributed by atoms with Crippen molar-refractivity contribution < 1.29 is 14.6 Å². The third kappa shape index (κ3) is 6.14. The molecule has 1 aromatic heterocycles. The van der Waals surface area contributed by atoms with Crippen LogP contribution in [0.4, 0.5) is 0 Å². The molecule has 38 heavy (non-hydrogen) atoms. The average Bonchev–Trinajstić information content (AvgIpc) is 2.86. The van der Waals surface area contributed by atoms with Gasteiger partial charge in [0.25, 0.3) is 0 Å². The highest BCUT2D eigenvalue weighted by atomic mass is 35.5. The maximum Gasteiger partial charge on any atom is 0.163 e. The van der Waals surface area contributed by atoms with Crippen molar-refractivity contribution in [2.45, 2.75) is 58.8 Å². The lowest BCUT2D eigenvalue weighted by Crippen LogP contribution is -2.27. The van der Waals surface area contributed by atoms with Gasteiger partial charge in [0.2, 0.25) is 0 Å². The molecule has 0 fully saturated rings. The Kier molecular flexibility index (Phi) is 7.76. The van der Waals surface area contributed by atoms with Crippen LogP contribution in [0.1, 0.15) is 63.0 Å². The summed E-state index contributed by atoms with van der Waals surface area (Å²) in [4.78, 5) is 17.0. The predicted octanol–water partition coefficient (Wildman–Crippen LogP) is 7.57. The van der Waals surface area contributed by atoms with E-state index in [1.807, 2.05) is 70.2 Å². The van der Waals surface area contributed by atoms with Gasteiger partial charge in [-0.2, -0.15) is 0 Å². The van der Waals surface area contributed by atoms with Crippen LogP contribution in [0.2, 0.25) is 5.02 Å². The summed E-state index contributed by atoms with van der Waals surface area (Å²) < 4.78 is 6.33. The number of aliphatic hydroxyl groups is 1. The third-order valence-electron chi connectivity index (χ3n) is 6.32. The molecule has 4 aromatic rings. The maximum absolute atomic E-state index is 13.0. The number of nitrogens with zero attached hydrogens (tertiary/aromatic N) is 1. The summed E-state index contributed by atoms with van der Waals surface area (Å²) in [7, 11) is 0. The minimum absolute atomic E-state index is 0.0677. The average molecular weight is 526 g/mol. The first kappa shape index (κ1) is 27.5. The molecule has 0 aliphatic rings. The molecule has 0 bridgehead atoms. The normalized spacial score (nSPS) is 13.9. The molecule has 5 heteroatoms. The van der Waals surface area contributed by atoms with Gasteiger partial charge in [0.05, 0.1) is 5.60 Å². The van der Waals surface area contributed by atoms with E-state index in [-0.39, 0.29) is 5.78 Å². The zero-order chi connectivity index (χ0) is 27.7. The van der Waals surface area contributed by atoms with Gasteiger partial charge in [-0.25, -0.2) is 0 Å². The van der Waals surface area contributed by atoms with Crippen LogP contribution in [0.25, 0.3) is 21.9 Å². The highest BCUT2D eigenvalue weighted by Crippen LogP contribution is 2.41. The zero-order valence-corrected chi connectivity index (χ0v) is 23.4. The van der Waals surface area contributed by atoms with Crippen LogP contribution >= 0.6 is 11.6 Å². The molecule has 0 radical (unpaired) electrons. The molecule has 0 spiro atoms. The van der Waals surface area contributed by atoms with E-state index in [1.165, 1.54) is 0 Å². The lowest BCUT2D eigenvalue weighted by Gasteiger charge is -2.29. The van der Waals surface area contributed by atoms with Crippen LogP contribution in [0, 0.1) is 18.8 Å². The minimum atomic E-state index is -1.34. The Morgan fingerprint density at radius 1 is 1.00 bits per heavy atom. The monoisotopic (exact) mass is 525 g/mol. The van der Waals surface area contributed by atoms with E-state index >= 15 is 0 Å². The van der Waals surface area contributed by atoms with Crippen molar-refractivity contribution in [1.82, 2.24) is 4.98 Å².